The molecule has 0 N–H and O–H groups in total. The third-order valence-corrected chi connectivity index (χ3v) is 5.62. The minimum atomic E-state index is 0.0470. The van der Waals surface area contributed by atoms with Gasteiger partial charge in [-0.1, -0.05) is 30.3 Å². The predicted molar refractivity (Wildman–Crippen MR) is 120 cm³/mol. The van der Waals surface area contributed by atoms with Crippen LogP contribution in [0.25, 0.3) is 0 Å². The van der Waals surface area contributed by atoms with Gasteiger partial charge in [-0.3, -0.25) is 0 Å². The second kappa shape index (κ2) is 10.7. The number of nitrogens with zero attached hydrogens (tertiary/aromatic N) is 2. The molecule has 4 heteroatoms. The second-order valence-electron chi connectivity index (χ2n) is 8.53. The van der Waals surface area contributed by atoms with E-state index in [-0.39, 0.29) is 6.10 Å². The maximum absolute atomic E-state index is 6.35. The Bertz CT molecular complexity index is 707. The first-order valence-corrected chi connectivity index (χ1v) is 10.9. The minimum Gasteiger partial charge on any atom is -0.490 e. The van der Waals surface area contributed by atoms with Crippen molar-refractivity contribution in [2.45, 2.75) is 51.4 Å². The van der Waals surface area contributed by atoms with Crippen LogP contribution >= 0.6 is 0 Å². The molecule has 1 aliphatic rings. The molecule has 1 saturated heterocycles. The molecule has 0 spiro atoms. The van der Waals surface area contributed by atoms with Crippen LogP contribution in [0.4, 0.5) is 0 Å². The number of hydrogen-bond acceptors (Lipinski definition) is 4. The molecule has 1 heterocycles. The molecule has 4 nitrogen and oxygen atoms in total. The van der Waals surface area contributed by atoms with Crippen molar-refractivity contribution in [2.24, 2.45) is 0 Å². The van der Waals surface area contributed by atoms with E-state index in [1.165, 1.54) is 5.56 Å². The first kappa shape index (κ1) is 21.7. The molecule has 0 radical (unpaired) electrons. The summed E-state index contributed by atoms with van der Waals surface area (Å²) < 4.78 is 12.6. The maximum Gasteiger partial charge on any atom is 0.125 e. The van der Waals surface area contributed by atoms with E-state index >= 15 is 0 Å². The van der Waals surface area contributed by atoms with Gasteiger partial charge in [-0.2, -0.15) is 0 Å². The van der Waals surface area contributed by atoms with Crippen LogP contribution in [-0.4, -0.2) is 55.7 Å². The molecule has 2 aromatic carbocycles. The van der Waals surface area contributed by atoms with Crippen LogP contribution in [0.15, 0.2) is 54.6 Å². The summed E-state index contributed by atoms with van der Waals surface area (Å²) >= 11 is 0. The molecule has 0 amide bonds. The molecule has 0 aliphatic carbocycles. The second-order valence-corrected chi connectivity index (χ2v) is 8.53. The molecule has 1 atom stereocenters. The van der Waals surface area contributed by atoms with Gasteiger partial charge >= 0.3 is 0 Å². The topological polar surface area (TPSA) is 24.9 Å². The number of likely N-dealkylation sites (tertiary alicyclic amines) is 1. The zero-order valence-electron chi connectivity index (χ0n) is 18.4. The summed E-state index contributed by atoms with van der Waals surface area (Å²) in [4.78, 5) is 4.72. The van der Waals surface area contributed by atoms with E-state index in [9.17, 15) is 0 Å². The van der Waals surface area contributed by atoms with Crippen LogP contribution in [0.5, 0.6) is 11.5 Å². The highest BCUT2D eigenvalue weighted by atomic mass is 16.5. The van der Waals surface area contributed by atoms with Gasteiger partial charge in [-0.15, -0.1) is 0 Å². The fraction of sp³-hybridized carbons (Fsp3) is 0.520. The first-order valence-electron chi connectivity index (χ1n) is 10.9. The van der Waals surface area contributed by atoms with E-state index in [2.05, 4.69) is 62.0 Å². The molecule has 0 saturated carbocycles. The van der Waals surface area contributed by atoms with Crippen LogP contribution < -0.4 is 9.47 Å². The molecule has 2 aromatic rings. The Hall–Kier alpha value is -2.04. The van der Waals surface area contributed by atoms with Crippen LogP contribution in [0, 0.1) is 0 Å². The van der Waals surface area contributed by atoms with Crippen molar-refractivity contribution in [2.75, 3.05) is 33.7 Å². The van der Waals surface area contributed by atoms with Crippen molar-refractivity contribution >= 4 is 0 Å². The number of hydrogen-bond donors (Lipinski definition) is 0. The highest BCUT2D eigenvalue weighted by Crippen LogP contribution is 2.28. The van der Waals surface area contributed by atoms with Crippen LogP contribution in [-0.2, 0) is 0 Å². The van der Waals surface area contributed by atoms with Gasteiger partial charge in [0.2, 0.25) is 0 Å². The van der Waals surface area contributed by atoms with Crippen molar-refractivity contribution < 1.29 is 9.47 Å². The van der Waals surface area contributed by atoms with Crippen molar-refractivity contribution in [3.8, 4) is 11.5 Å². The largest absolute Gasteiger partial charge is 0.490 e. The summed E-state index contributed by atoms with van der Waals surface area (Å²) in [5.74, 6) is 1.82. The van der Waals surface area contributed by atoms with Crippen LogP contribution in [0.2, 0.25) is 0 Å². The van der Waals surface area contributed by atoms with E-state index in [1.807, 2.05) is 30.3 Å². The highest BCUT2D eigenvalue weighted by molar-refractivity contribution is 5.32. The molecule has 29 heavy (non-hydrogen) atoms. The molecular weight excluding hydrogens is 360 g/mol. The lowest BCUT2D eigenvalue weighted by Crippen LogP contribution is -2.41. The van der Waals surface area contributed by atoms with Gasteiger partial charge in [0.25, 0.3) is 0 Å². The van der Waals surface area contributed by atoms with E-state index in [4.69, 9.17) is 9.47 Å². The molecule has 0 aromatic heterocycles. The zero-order valence-corrected chi connectivity index (χ0v) is 18.4. The highest BCUT2D eigenvalue weighted by Gasteiger charge is 2.22. The Labute approximate surface area is 176 Å². The van der Waals surface area contributed by atoms with Gasteiger partial charge in [0.05, 0.1) is 0 Å². The minimum absolute atomic E-state index is 0.0470. The maximum atomic E-state index is 6.35. The quantitative estimate of drug-likeness (QED) is 0.595. The number of benzene rings is 2. The lowest BCUT2D eigenvalue weighted by atomic mass is 10.1. The van der Waals surface area contributed by atoms with Gasteiger partial charge in [0.1, 0.15) is 23.7 Å². The Balaban J connectivity index is 1.57. The third kappa shape index (κ3) is 6.76. The lowest BCUT2D eigenvalue weighted by Gasteiger charge is -2.34. The first-order chi connectivity index (χ1) is 14.0. The summed E-state index contributed by atoms with van der Waals surface area (Å²) in [6.45, 7) is 7.75. The Morgan fingerprint density at radius 2 is 1.55 bits per heavy atom. The normalized spacial score (nSPS) is 16.9. The standard InChI is InChI=1S/C25H36N2O2/c1-20(2)27-18-14-24(15-19-27)28-22-10-12-23(13-11-22)29-25(16-17-26(3)4)21-8-6-5-7-9-21/h5-13,20,24-25H,14-19H2,1-4H3. The third-order valence-electron chi connectivity index (χ3n) is 5.62. The van der Waals surface area contributed by atoms with Crippen molar-refractivity contribution in [3.63, 3.8) is 0 Å². The molecule has 3 rings (SSSR count). The van der Waals surface area contributed by atoms with Crippen molar-refractivity contribution in [1.29, 1.82) is 0 Å². The van der Waals surface area contributed by atoms with Gasteiger partial charge in [-0.05, 0) is 70.6 Å². The fourth-order valence-corrected chi connectivity index (χ4v) is 3.80. The van der Waals surface area contributed by atoms with E-state index in [0.29, 0.717) is 12.1 Å². The average molecular weight is 397 g/mol. The predicted octanol–water partition coefficient (Wildman–Crippen LogP) is 5.01. The molecule has 158 valence electrons. The van der Waals surface area contributed by atoms with Gasteiger partial charge in [0.15, 0.2) is 0 Å². The van der Waals surface area contributed by atoms with Crippen molar-refractivity contribution in [3.05, 3.63) is 60.2 Å². The van der Waals surface area contributed by atoms with Crippen LogP contribution in [0.3, 0.4) is 0 Å². The lowest BCUT2D eigenvalue weighted by molar-refractivity contribution is 0.0842. The monoisotopic (exact) mass is 396 g/mol. The van der Waals surface area contributed by atoms with Crippen molar-refractivity contribution in [1.82, 2.24) is 9.80 Å². The van der Waals surface area contributed by atoms with Gasteiger partial charge in [-0.25, -0.2) is 0 Å². The Kier molecular flexibility index (Phi) is 7.96. The molecule has 1 fully saturated rings. The van der Waals surface area contributed by atoms with E-state index < -0.39 is 0 Å². The summed E-state index contributed by atoms with van der Waals surface area (Å²) in [7, 11) is 4.19. The zero-order chi connectivity index (χ0) is 20.6. The Morgan fingerprint density at radius 3 is 2.14 bits per heavy atom. The van der Waals surface area contributed by atoms with Crippen LogP contribution in [0.1, 0.15) is 44.8 Å². The van der Waals surface area contributed by atoms with E-state index in [0.717, 1.165) is 50.4 Å². The summed E-state index contributed by atoms with van der Waals surface area (Å²) in [5.41, 5.74) is 1.21. The summed E-state index contributed by atoms with van der Waals surface area (Å²) in [6.07, 6.45) is 3.50. The molecule has 1 aliphatic heterocycles. The summed E-state index contributed by atoms with van der Waals surface area (Å²) in [5, 5.41) is 0. The SMILES string of the molecule is CC(C)N1CCC(Oc2ccc(OC(CCN(C)C)c3ccccc3)cc2)CC1. The van der Waals surface area contributed by atoms with Gasteiger partial charge in [0, 0.05) is 32.1 Å². The summed E-state index contributed by atoms with van der Waals surface area (Å²) in [6, 6.07) is 19.2. The smallest absolute Gasteiger partial charge is 0.125 e. The number of rotatable bonds is 9. The molecule has 0 bridgehead atoms. The number of ether oxygens (including phenoxy) is 2. The van der Waals surface area contributed by atoms with Gasteiger partial charge < -0.3 is 19.3 Å². The van der Waals surface area contributed by atoms with E-state index in [1.54, 1.807) is 0 Å². The number of piperidine rings is 1. The fourth-order valence-electron chi connectivity index (χ4n) is 3.80. The molecule has 1 unspecified atom stereocenters. The molecular formula is C25H36N2O2. The Morgan fingerprint density at radius 1 is 0.931 bits per heavy atom. The average Bonchev–Trinajstić information content (AvgIpc) is 2.73.